The second-order valence-corrected chi connectivity index (χ2v) is 9.29. The van der Waals surface area contributed by atoms with Crippen LogP contribution in [0.3, 0.4) is 0 Å². The molecule has 0 aromatic heterocycles. The normalized spacial score (nSPS) is 25.8. The molecule has 174 valence electrons. The number of rotatable bonds is 4. The molecule has 33 heavy (non-hydrogen) atoms. The van der Waals surface area contributed by atoms with Crippen LogP contribution >= 0.6 is 0 Å². The summed E-state index contributed by atoms with van der Waals surface area (Å²) < 4.78 is 5.43. The molecular formula is C26H31N3O4. The van der Waals surface area contributed by atoms with Crippen LogP contribution in [0.4, 0.5) is 4.79 Å². The first-order valence-corrected chi connectivity index (χ1v) is 11.8. The van der Waals surface area contributed by atoms with Gasteiger partial charge in [0.15, 0.2) is 0 Å². The first-order valence-electron chi connectivity index (χ1n) is 11.8. The number of carboxylic acid groups (broad SMARTS) is 1. The molecule has 3 aliphatic rings. The molecule has 2 aromatic rings. The highest BCUT2D eigenvalue weighted by molar-refractivity contribution is 5.79. The standard InChI is InChI=1S/C26H31N3O4/c30-25(21-11-14-33-18-21)27-12-13-29-22(15-27)16-28(26(31)32)17-23(29)24(19-7-3-1-4-8-19)20-9-5-2-6-10-20/h1-10,21-24H,11-18H2,(H,31,32)/t21?,22-,23?/m0/s1. The smallest absolute Gasteiger partial charge is 0.407 e. The maximum atomic E-state index is 13.0. The number of nitrogens with zero attached hydrogens (tertiary/aromatic N) is 3. The zero-order valence-corrected chi connectivity index (χ0v) is 18.8. The average Bonchev–Trinajstić information content (AvgIpc) is 3.39. The predicted molar refractivity (Wildman–Crippen MR) is 124 cm³/mol. The molecule has 2 amide bonds. The highest BCUT2D eigenvalue weighted by Gasteiger charge is 2.44. The van der Waals surface area contributed by atoms with Crippen molar-refractivity contribution >= 4 is 12.0 Å². The molecule has 7 heteroatoms. The van der Waals surface area contributed by atoms with Gasteiger partial charge >= 0.3 is 6.09 Å². The van der Waals surface area contributed by atoms with E-state index in [-0.39, 0.29) is 29.8 Å². The van der Waals surface area contributed by atoms with Gasteiger partial charge < -0.3 is 19.6 Å². The molecule has 0 bridgehead atoms. The van der Waals surface area contributed by atoms with Gasteiger partial charge in [-0.25, -0.2) is 4.79 Å². The van der Waals surface area contributed by atoms with Crippen molar-refractivity contribution in [3.63, 3.8) is 0 Å². The van der Waals surface area contributed by atoms with E-state index < -0.39 is 6.09 Å². The summed E-state index contributed by atoms with van der Waals surface area (Å²) in [6.07, 6.45) is -0.121. The number of benzene rings is 2. The summed E-state index contributed by atoms with van der Waals surface area (Å²) >= 11 is 0. The van der Waals surface area contributed by atoms with Gasteiger partial charge in [-0.05, 0) is 17.5 Å². The van der Waals surface area contributed by atoms with Crippen molar-refractivity contribution in [2.75, 3.05) is 45.9 Å². The Bertz CT molecular complexity index is 925. The van der Waals surface area contributed by atoms with Crippen LogP contribution in [0.25, 0.3) is 0 Å². The number of carbonyl (C=O) groups excluding carboxylic acids is 1. The van der Waals surface area contributed by atoms with E-state index in [2.05, 4.69) is 29.2 Å². The van der Waals surface area contributed by atoms with Gasteiger partial charge in [0.05, 0.1) is 12.5 Å². The van der Waals surface area contributed by atoms with Crippen LogP contribution in [-0.2, 0) is 9.53 Å². The molecule has 2 unspecified atom stereocenters. The summed E-state index contributed by atoms with van der Waals surface area (Å²) in [6, 6.07) is 20.7. The first-order chi connectivity index (χ1) is 16.1. The molecule has 3 fully saturated rings. The number of carbonyl (C=O) groups is 2. The molecule has 0 saturated carbocycles. The zero-order chi connectivity index (χ0) is 22.8. The third kappa shape index (κ3) is 4.48. The first kappa shape index (κ1) is 21.9. The van der Waals surface area contributed by atoms with Crippen LogP contribution in [0.1, 0.15) is 23.5 Å². The van der Waals surface area contributed by atoms with E-state index in [0.717, 1.165) is 13.0 Å². The van der Waals surface area contributed by atoms with Crippen LogP contribution in [0.2, 0.25) is 0 Å². The summed E-state index contributed by atoms with van der Waals surface area (Å²) in [4.78, 5) is 31.1. The molecule has 7 nitrogen and oxygen atoms in total. The highest BCUT2D eigenvalue weighted by Crippen LogP contribution is 2.36. The number of amides is 2. The third-order valence-corrected chi connectivity index (χ3v) is 7.36. The average molecular weight is 450 g/mol. The van der Waals surface area contributed by atoms with Crippen molar-refractivity contribution in [1.82, 2.24) is 14.7 Å². The molecular weight excluding hydrogens is 418 g/mol. The summed E-state index contributed by atoms with van der Waals surface area (Å²) in [5.41, 5.74) is 2.36. The van der Waals surface area contributed by atoms with Gasteiger partial charge in [-0.1, -0.05) is 60.7 Å². The maximum absolute atomic E-state index is 13.0. The Balaban J connectivity index is 1.45. The van der Waals surface area contributed by atoms with E-state index in [9.17, 15) is 14.7 Å². The molecule has 0 spiro atoms. The van der Waals surface area contributed by atoms with Gasteiger partial charge in [-0.15, -0.1) is 0 Å². The lowest BCUT2D eigenvalue weighted by Crippen LogP contribution is -2.68. The maximum Gasteiger partial charge on any atom is 0.407 e. The van der Waals surface area contributed by atoms with Crippen molar-refractivity contribution in [3.05, 3.63) is 71.8 Å². The molecule has 3 atom stereocenters. The van der Waals surface area contributed by atoms with Crippen LogP contribution in [0.5, 0.6) is 0 Å². The van der Waals surface area contributed by atoms with Crippen molar-refractivity contribution < 1.29 is 19.4 Å². The minimum absolute atomic E-state index is 0.00304. The largest absolute Gasteiger partial charge is 0.465 e. The van der Waals surface area contributed by atoms with Gasteiger partial charge in [-0.2, -0.15) is 0 Å². The topological polar surface area (TPSA) is 73.3 Å². The van der Waals surface area contributed by atoms with Gasteiger partial charge in [0, 0.05) is 57.3 Å². The molecule has 3 heterocycles. The van der Waals surface area contributed by atoms with E-state index in [1.54, 1.807) is 0 Å². The number of ether oxygens (including phenoxy) is 1. The van der Waals surface area contributed by atoms with E-state index in [0.29, 0.717) is 39.4 Å². The lowest BCUT2D eigenvalue weighted by molar-refractivity contribution is -0.140. The Morgan fingerprint density at radius 1 is 0.879 bits per heavy atom. The lowest BCUT2D eigenvalue weighted by Gasteiger charge is -2.53. The number of hydrogen-bond donors (Lipinski definition) is 1. The molecule has 5 rings (SSSR count). The second kappa shape index (κ2) is 9.53. The predicted octanol–water partition coefficient (Wildman–Crippen LogP) is 2.73. The molecule has 2 aromatic carbocycles. The fourth-order valence-corrected chi connectivity index (χ4v) is 5.73. The molecule has 3 saturated heterocycles. The van der Waals surface area contributed by atoms with Crippen LogP contribution in [0.15, 0.2) is 60.7 Å². The van der Waals surface area contributed by atoms with Gasteiger partial charge in [0.25, 0.3) is 0 Å². The quantitative estimate of drug-likeness (QED) is 0.777. The number of fused-ring (bicyclic) bond motifs is 1. The van der Waals surface area contributed by atoms with E-state index in [1.165, 1.54) is 16.0 Å². The highest BCUT2D eigenvalue weighted by atomic mass is 16.5. The van der Waals surface area contributed by atoms with Gasteiger partial charge in [0.2, 0.25) is 5.91 Å². The van der Waals surface area contributed by atoms with Crippen LogP contribution in [0, 0.1) is 5.92 Å². The summed E-state index contributed by atoms with van der Waals surface area (Å²) in [5.74, 6) is 0.134. The summed E-state index contributed by atoms with van der Waals surface area (Å²) in [6.45, 7) is 4.00. The summed E-state index contributed by atoms with van der Waals surface area (Å²) in [7, 11) is 0. The van der Waals surface area contributed by atoms with Crippen molar-refractivity contribution in [2.24, 2.45) is 5.92 Å². The van der Waals surface area contributed by atoms with E-state index in [1.807, 2.05) is 41.3 Å². The van der Waals surface area contributed by atoms with E-state index in [4.69, 9.17) is 4.74 Å². The fourth-order valence-electron chi connectivity index (χ4n) is 5.73. The van der Waals surface area contributed by atoms with Gasteiger partial charge in [-0.3, -0.25) is 9.69 Å². The molecule has 1 N–H and O–H groups in total. The monoisotopic (exact) mass is 449 g/mol. The van der Waals surface area contributed by atoms with Crippen molar-refractivity contribution in [3.8, 4) is 0 Å². The molecule has 0 radical (unpaired) electrons. The zero-order valence-electron chi connectivity index (χ0n) is 18.8. The summed E-state index contributed by atoms with van der Waals surface area (Å²) in [5, 5.41) is 9.93. The number of hydrogen-bond acceptors (Lipinski definition) is 4. The fraction of sp³-hybridized carbons (Fsp3) is 0.462. The Labute approximate surface area is 194 Å². The van der Waals surface area contributed by atoms with Crippen LogP contribution in [-0.4, -0.2) is 89.8 Å². The minimum atomic E-state index is -0.896. The third-order valence-electron chi connectivity index (χ3n) is 7.36. The SMILES string of the molecule is O=C(O)N1CC(C(c2ccccc2)c2ccccc2)N2CCN(C(=O)C3CCOC3)C[C@H]2C1. The Hall–Kier alpha value is -2.90. The Morgan fingerprint density at radius 2 is 1.52 bits per heavy atom. The Morgan fingerprint density at radius 3 is 2.09 bits per heavy atom. The van der Waals surface area contributed by atoms with Crippen molar-refractivity contribution in [1.29, 1.82) is 0 Å². The van der Waals surface area contributed by atoms with E-state index >= 15 is 0 Å². The molecule has 3 aliphatic heterocycles. The minimum Gasteiger partial charge on any atom is -0.465 e. The Kier molecular flexibility index (Phi) is 6.33. The molecule has 0 aliphatic carbocycles. The van der Waals surface area contributed by atoms with Crippen LogP contribution < -0.4 is 0 Å². The number of piperazine rings is 2. The van der Waals surface area contributed by atoms with Crippen molar-refractivity contribution in [2.45, 2.75) is 24.4 Å². The second-order valence-electron chi connectivity index (χ2n) is 9.29. The van der Waals surface area contributed by atoms with Gasteiger partial charge in [0.1, 0.15) is 0 Å². The lowest BCUT2D eigenvalue weighted by atomic mass is 9.81.